The molecule has 3 heteroatoms. The molecule has 2 aliphatic rings. The van der Waals surface area contributed by atoms with Gasteiger partial charge < -0.3 is 10.5 Å². The summed E-state index contributed by atoms with van der Waals surface area (Å²) < 4.78 is 7.09. The molecule has 2 nitrogen and oxygen atoms in total. The summed E-state index contributed by atoms with van der Waals surface area (Å²) >= 11 is 3.63. The Morgan fingerprint density at radius 1 is 1.39 bits per heavy atom. The van der Waals surface area contributed by atoms with Crippen LogP contribution in [-0.2, 0) is 5.54 Å². The molecule has 2 aliphatic carbocycles. The first-order valence-corrected chi connectivity index (χ1v) is 7.60. The highest BCUT2D eigenvalue weighted by Crippen LogP contribution is 2.46. The third-order valence-corrected chi connectivity index (χ3v) is 4.72. The van der Waals surface area contributed by atoms with Crippen molar-refractivity contribution in [1.82, 2.24) is 0 Å². The molecule has 2 fully saturated rings. The maximum Gasteiger partial charge on any atom is 0.138 e. The smallest absolute Gasteiger partial charge is 0.138 e. The summed E-state index contributed by atoms with van der Waals surface area (Å²) in [6.45, 7) is 2.95. The van der Waals surface area contributed by atoms with Crippen molar-refractivity contribution in [3.8, 4) is 5.75 Å². The van der Waals surface area contributed by atoms with Gasteiger partial charge >= 0.3 is 0 Å². The Kier molecular flexibility index (Phi) is 3.15. The molecule has 0 radical (unpaired) electrons. The molecule has 0 aliphatic heterocycles. The summed E-state index contributed by atoms with van der Waals surface area (Å²) in [6, 6.07) is 4.32. The number of aryl methyl sites for hydroxylation is 1. The third-order valence-electron chi connectivity index (χ3n) is 4.13. The Labute approximate surface area is 117 Å². The van der Waals surface area contributed by atoms with E-state index < -0.39 is 0 Å². The van der Waals surface area contributed by atoms with E-state index in [9.17, 15) is 0 Å². The van der Waals surface area contributed by atoms with E-state index >= 15 is 0 Å². The van der Waals surface area contributed by atoms with Gasteiger partial charge in [-0.05, 0) is 72.5 Å². The first-order valence-electron chi connectivity index (χ1n) is 6.81. The number of ether oxygens (including phenoxy) is 1. The average Bonchev–Trinajstić information content (AvgIpc) is 3.07. The van der Waals surface area contributed by atoms with Crippen LogP contribution in [0.25, 0.3) is 0 Å². The SMILES string of the molecule is Cc1cc(Br)c(OCC2CC2)c(C2(N)CCC2)c1. The lowest BCUT2D eigenvalue weighted by Gasteiger charge is -2.40. The van der Waals surface area contributed by atoms with Crippen molar-refractivity contribution in [2.45, 2.75) is 44.6 Å². The van der Waals surface area contributed by atoms with Gasteiger partial charge in [-0.15, -0.1) is 0 Å². The highest BCUT2D eigenvalue weighted by Gasteiger charge is 2.38. The topological polar surface area (TPSA) is 35.2 Å². The molecule has 0 amide bonds. The lowest BCUT2D eigenvalue weighted by molar-refractivity contribution is 0.231. The zero-order chi connectivity index (χ0) is 12.8. The van der Waals surface area contributed by atoms with Crippen LogP contribution in [0.4, 0.5) is 0 Å². The molecular formula is C15H20BrNO. The van der Waals surface area contributed by atoms with Crippen molar-refractivity contribution in [3.63, 3.8) is 0 Å². The molecule has 1 aromatic rings. The van der Waals surface area contributed by atoms with Crippen LogP contribution in [-0.4, -0.2) is 6.61 Å². The molecule has 0 spiro atoms. The number of hydrogen-bond donors (Lipinski definition) is 1. The molecule has 0 bridgehead atoms. The van der Waals surface area contributed by atoms with Gasteiger partial charge in [0.15, 0.2) is 0 Å². The van der Waals surface area contributed by atoms with Crippen molar-refractivity contribution >= 4 is 15.9 Å². The zero-order valence-electron chi connectivity index (χ0n) is 10.8. The standard InChI is InChI=1S/C15H20BrNO/c1-10-7-12(15(17)5-2-6-15)14(13(16)8-10)18-9-11-3-4-11/h7-8,11H,2-6,9,17H2,1H3. The largest absolute Gasteiger partial charge is 0.492 e. The number of halogens is 1. The van der Waals surface area contributed by atoms with Gasteiger partial charge in [-0.25, -0.2) is 0 Å². The van der Waals surface area contributed by atoms with Crippen molar-refractivity contribution in [2.75, 3.05) is 6.61 Å². The van der Waals surface area contributed by atoms with E-state index in [1.54, 1.807) is 0 Å². The minimum Gasteiger partial charge on any atom is -0.492 e. The second kappa shape index (κ2) is 4.53. The number of hydrogen-bond acceptors (Lipinski definition) is 2. The fraction of sp³-hybridized carbons (Fsp3) is 0.600. The van der Waals surface area contributed by atoms with Crippen molar-refractivity contribution in [3.05, 3.63) is 27.7 Å². The number of rotatable bonds is 4. The Morgan fingerprint density at radius 3 is 2.67 bits per heavy atom. The second-order valence-corrected chi connectivity index (χ2v) is 6.74. The average molecular weight is 310 g/mol. The van der Waals surface area contributed by atoms with Gasteiger partial charge in [0.25, 0.3) is 0 Å². The van der Waals surface area contributed by atoms with Crippen molar-refractivity contribution in [2.24, 2.45) is 11.7 Å². The lowest BCUT2D eigenvalue weighted by atomic mass is 9.72. The van der Waals surface area contributed by atoms with E-state index in [1.165, 1.54) is 30.4 Å². The van der Waals surface area contributed by atoms with Crippen LogP contribution < -0.4 is 10.5 Å². The van der Waals surface area contributed by atoms with Crippen LogP contribution in [0.15, 0.2) is 16.6 Å². The van der Waals surface area contributed by atoms with Crippen LogP contribution in [0.3, 0.4) is 0 Å². The normalized spacial score (nSPS) is 21.5. The number of nitrogens with two attached hydrogens (primary N) is 1. The second-order valence-electron chi connectivity index (χ2n) is 5.89. The Hall–Kier alpha value is -0.540. The summed E-state index contributed by atoms with van der Waals surface area (Å²) in [5.41, 5.74) is 8.76. The Bertz CT molecular complexity index is 464. The summed E-state index contributed by atoms with van der Waals surface area (Å²) in [7, 11) is 0. The van der Waals surface area contributed by atoms with Gasteiger partial charge in [0.1, 0.15) is 5.75 Å². The molecule has 0 heterocycles. The highest BCUT2D eigenvalue weighted by molar-refractivity contribution is 9.10. The van der Waals surface area contributed by atoms with Crippen LogP contribution >= 0.6 is 15.9 Å². The van der Waals surface area contributed by atoms with Crippen molar-refractivity contribution < 1.29 is 4.74 Å². The summed E-state index contributed by atoms with van der Waals surface area (Å²) in [4.78, 5) is 0. The van der Waals surface area contributed by atoms with Gasteiger partial charge in [0.05, 0.1) is 11.1 Å². The predicted molar refractivity (Wildman–Crippen MR) is 76.8 cm³/mol. The molecule has 18 heavy (non-hydrogen) atoms. The Morgan fingerprint density at radius 2 is 2.11 bits per heavy atom. The maximum atomic E-state index is 6.48. The minimum atomic E-state index is -0.159. The monoisotopic (exact) mass is 309 g/mol. The highest BCUT2D eigenvalue weighted by atomic mass is 79.9. The lowest BCUT2D eigenvalue weighted by Crippen LogP contribution is -2.43. The quantitative estimate of drug-likeness (QED) is 0.916. The van der Waals surface area contributed by atoms with Gasteiger partial charge in [-0.3, -0.25) is 0 Å². The van der Waals surface area contributed by atoms with Crippen LogP contribution in [0.1, 0.15) is 43.2 Å². The van der Waals surface area contributed by atoms with Crippen LogP contribution in [0.5, 0.6) is 5.75 Å². The maximum absolute atomic E-state index is 6.48. The van der Waals surface area contributed by atoms with Crippen LogP contribution in [0.2, 0.25) is 0 Å². The molecule has 2 saturated carbocycles. The predicted octanol–water partition coefficient (Wildman–Crippen LogP) is 3.88. The number of benzene rings is 1. The van der Waals surface area contributed by atoms with Gasteiger partial charge in [0, 0.05) is 11.1 Å². The molecular weight excluding hydrogens is 290 g/mol. The molecule has 0 unspecified atom stereocenters. The fourth-order valence-electron chi connectivity index (χ4n) is 2.56. The minimum absolute atomic E-state index is 0.159. The zero-order valence-corrected chi connectivity index (χ0v) is 12.4. The van der Waals surface area contributed by atoms with Gasteiger partial charge in [-0.1, -0.05) is 6.07 Å². The fourth-order valence-corrected chi connectivity index (χ4v) is 3.25. The van der Waals surface area contributed by atoms with E-state index in [4.69, 9.17) is 10.5 Å². The van der Waals surface area contributed by atoms with E-state index in [0.29, 0.717) is 0 Å². The first kappa shape index (κ1) is 12.5. The van der Waals surface area contributed by atoms with E-state index in [-0.39, 0.29) is 5.54 Å². The Balaban J connectivity index is 1.92. The molecule has 1 aromatic carbocycles. The first-order chi connectivity index (χ1) is 8.58. The summed E-state index contributed by atoms with van der Waals surface area (Å²) in [5, 5.41) is 0. The third kappa shape index (κ3) is 2.30. The molecule has 2 N–H and O–H groups in total. The summed E-state index contributed by atoms with van der Waals surface area (Å²) in [6.07, 6.45) is 5.99. The van der Waals surface area contributed by atoms with E-state index in [1.807, 2.05) is 0 Å². The molecule has 3 rings (SSSR count). The molecule has 98 valence electrons. The van der Waals surface area contributed by atoms with E-state index in [2.05, 4.69) is 35.0 Å². The van der Waals surface area contributed by atoms with Gasteiger partial charge in [-0.2, -0.15) is 0 Å². The van der Waals surface area contributed by atoms with Crippen LogP contribution in [0, 0.1) is 12.8 Å². The van der Waals surface area contributed by atoms with Gasteiger partial charge in [0.2, 0.25) is 0 Å². The van der Waals surface area contributed by atoms with E-state index in [0.717, 1.165) is 35.6 Å². The molecule has 0 aromatic heterocycles. The van der Waals surface area contributed by atoms with Crippen molar-refractivity contribution in [1.29, 1.82) is 0 Å². The summed E-state index contributed by atoms with van der Waals surface area (Å²) in [5.74, 6) is 1.75. The molecule has 0 saturated heterocycles. The molecule has 0 atom stereocenters.